The maximum Gasteiger partial charge on any atom is 0.295 e. The van der Waals surface area contributed by atoms with Gasteiger partial charge in [0.2, 0.25) is 0 Å². The van der Waals surface area contributed by atoms with E-state index in [2.05, 4.69) is 18.7 Å². The molecule has 0 aliphatic carbocycles. The molecule has 0 bridgehead atoms. The summed E-state index contributed by atoms with van der Waals surface area (Å²) in [6, 6.07) is 10.9. The number of anilines is 1. The Morgan fingerprint density at radius 1 is 1.11 bits per heavy atom. The first-order valence-electron chi connectivity index (χ1n) is 11.3. The second-order valence-electron chi connectivity index (χ2n) is 7.63. The summed E-state index contributed by atoms with van der Waals surface area (Å²) < 4.78 is 17.9. The van der Waals surface area contributed by atoms with Crippen molar-refractivity contribution in [1.29, 1.82) is 0 Å². The number of methoxy groups -OCH3 is 1. The van der Waals surface area contributed by atoms with Gasteiger partial charge >= 0.3 is 0 Å². The maximum atomic E-state index is 13.8. The van der Waals surface area contributed by atoms with Crippen molar-refractivity contribution >= 4 is 67.6 Å². The molecule has 0 aliphatic heterocycles. The van der Waals surface area contributed by atoms with Crippen LogP contribution in [0, 0.1) is 0 Å². The van der Waals surface area contributed by atoms with Gasteiger partial charge in [-0.25, -0.2) is 4.98 Å². The summed E-state index contributed by atoms with van der Waals surface area (Å²) in [6.07, 6.45) is 0. The molecule has 0 radical (unpaired) electrons. The lowest BCUT2D eigenvalue weighted by Crippen LogP contribution is -2.38. The number of thiazole rings is 1. The van der Waals surface area contributed by atoms with Crippen molar-refractivity contribution < 1.29 is 18.7 Å². The number of halogens is 2. The summed E-state index contributed by atoms with van der Waals surface area (Å²) in [5.74, 6) is 1.20. The van der Waals surface area contributed by atoms with E-state index in [1.54, 1.807) is 30.2 Å². The molecule has 2 aromatic carbocycles. The van der Waals surface area contributed by atoms with Gasteiger partial charge in [-0.2, -0.15) is 0 Å². The number of fused-ring (bicyclic) bond motifs is 2. The standard InChI is InChI=1S/C25H28ClN3O4S.ClH/c1-5-28(6-2)13-14-29(25-27-21-18(31-4)12-11-17(26)23(21)34-25)24(30)20-15-16-9-8-10-19(32-7-3)22(16)33-20;/h8-12,15H,5-7,13-14H2,1-4H3;1H. The highest BCUT2D eigenvalue weighted by Crippen LogP contribution is 2.39. The SMILES string of the molecule is CCOc1cccc2cc(C(=O)N(CCN(CC)CC)c3nc4c(OC)ccc(Cl)c4s3)oc12.Cl. The number of hydrogen-bond acceptors (Lipinski definition) is 7. The number of hydrogen-bond donors (Lipinski definition) is 0. The van der Waals surface area contributed by atoms with Crippen molar-refractivity contribution in [3.05, 3.63) is 47.2 Å². The average molecular weight is 538 g/mol. The lowest BCUT2D eigenvalue weighted by atomic mass is 10.2. The Morgan fingerprint density at radius 2 is 1.89 bits per heavy atom. The number of amides is 1. The van der Waals surface area contributed by atoms with Crippen molar-refractivity contribution in [1.82, 2.24) is 9.88 Å². The third kappa shape index (κ3) is 5.51. The Hall–Kier alpha value is -2.52. The van der Waals surface area contributed by atoms with Crippen molar-refractivity contribution in [3.63, 3.8) is 0 Å². The molecule has 35 heavy (non-hydrogen) atoms. The highest BCUT2D eigenvalue weighted by molar-refractivity contribution is 7.23. The van der Waals surface area contributed by atoms with Crippen LogP contribution in [0.1, 0.15) is 31.3 Å². The molecule has 0 atom stereocenters. The third-order valence-corrected chi connectivity index (χ3v) is 7.23. The second kappa shape index (κ2) is 11.9. The van der Waals surface area contributed by atoms with Crippen molar-refractivity contribution in [2.24, 2.45) is 0 Å². The number of likely N-dealkylation sites (N-methyl/N-ethyl adjacent to an activating group) is 1. The highest BCUT2D eigenvalue weighted by atomic mass is 35.5. The van der Waals surface area contributed by atoms with Crippen LogP contribution in [0.25, 0.3) is 21.2 Å². The minimum Gasteiger partial charge on any atom is -0.494 e. The van der Waals surface area contributed by atoms with Gasteiger partial charge in [0.05, 0.1) is 23.4 Å². The average Bonchev–Trinajstić information content (AvgIpc) is 3.48. The number of carbonyl (C=O) groups is 1. The number of furan rings is 1. The van der Waals surface area contributed by atoms with Crippen LogP contribution in [-0.2, 0) is 0 Å². The Labute approximate surface area is 220 Å². The molecule has 2 aromatic heterocycles. The molecule has 0 unspecified atom stereocenters. The van der Waals surface area contributed by atoms with Gasteiger partial charge in [0, 0.05) is 18.5 Å². The molecule has 0 fully saturated rings. The molecule has 0 aliphatic rings. The van der Waals surface area contributed by atoms with Crippen LogP contribution in [0.15, 0.2) is 40.8 Å². The van der Waals surface area contributed by atoms with Crippen LogP contribution in [0.3, 0.4) is 0 Å². The largest absolute Gasteiger partial charge is 0.494 e. The highest BCUT2D eigenvalue weighted by Gasteiger charge is 2.26. The van der Waals surface area contributed by atoms with Crippen molar-refractivity contribution in [2.45, 2.75) is 20.8 Å². The zero-order valence-electron chi connectivity index (χ0n) is 20.2. The van der Waals surface area contributed by atoms with Gasteiger partial charge in [-0.15, -0.1) is 12.4 Å². The molecule has 2 heterocycles. The fraction of sp³-hybridized carbons (Fsp3) is 0.360. The van der Waals surface area contributed by atoms with Gasteiger partial charge in [-0.05, 0) is 44.3 Å². The number of benzene rings is 2. The summed E-state index contributed by atoms with van der Waals surface area (Å²) in [7, 11) is 1.59. The van der Waals surface area contributed by atoms with E-state index in [1.807, 2.05) is 25.1 Å². The Balaban J connectivity index is 0.00000342. The predicted molar refractivity (Wildman–Crippen MR) is 145 cm³/mol. The first kappa shape index (κ1) is 27.1. The maximum absolute atomic E-state index is 13.8. The van der Waals surface area contributed by atoms with E-state index < -0.39 is 0 Å². The molecule has 0 saturated carbocycles. The molecule has 1 amide bonds. The number of aromatic nitrogens is 1. The quantitative estimate of drug-likeness (QED) is 0.229. The van der Waals surface area contributed by atoms with Gasteiger partial charge in [0.15, 0.2) is 22.2 Å². The van der Waals surface area contributed by atoms with Crippen LogP contribution < -0.4 is 14.4 Å². The fourth-order valence-electron chi connectivity index (χ4n) is 3.83. The van der Waals surface area contributed by atoms with Crippen LogP contribution in [0.2, 0.25) is 5.02 Å². The number of carbonyl (C=O) groups excluding carboxylic acids is 1. The smallest absolute Gasteiger partial charge is 0.295 e. The van der Waals surface area contributed by atoms with Crippen molar-refractivity contribution in [3.8, 4) is 11.5 Å². The molecule has 7 nitrogen and oxygen atoms in total. The first-order valence-corrected chi connectivity index (χ1v) is 12.5. The summed E-state index contributed by atoms with van der Waals surface area (Å²) in [6.45, 7) is 9.56. The monoisotopic (exact) mass is 537 g/mol. The van der Waals surface area contributed by atoms with E-state index in [-0.39, 0.29) is 24.1 Å². The number of ether oxygens (including phenoxy) is 2. The molecule has 4 rings (SSSR count). The fourth-order valence-corrected chi connectivity index (χ4v) is 5.11. The molecule has 0 saturated heterocycles. The van der Waals surface area contributed by atoms with Gasteiger partial charge in [-0.1, -0.05) is 48.9 Å². The molecular weight excluding hydrogens is 509 g/mol. The summed E-state index contributed by atoms with van der Waals surface area (Å²) in [5.41, 5.74) is 1.20. The van der Waals surface area contributed by atoms with E-state index in [1.165, 1.54) is 11.3 Å². The van der Waals surface area contributed by atoms with E-state index in [4.69, 9.17) is 30.5 Å². The molecular formula is C25H29Cl2N3O4S. The molecule has 0 N–H and O–H groups in total. The minimum atomic E-state index is -0.264. The lowest BCUT2D eigenvalue weighted by molar-refractivity contribution is 0.0959. The lowest BCUT2D eigenvalue weighted by Gasteiger charge is -2.24. The van der Waals surface area contributed by atoms with Gasteiger partial charge in [0.25, 0.3) is 5.91 Å². The molecule has 10 heteroatoms. The van der Waals surface area contributed by atoms with E-state index in [0.717, 1.165) is 23.2 Å². The van der Waals surface area contributed by atoms with Gasteiger partial charge in [0.1, 0.15) is 11.3 Å². The second-order valence-corrected chi connectivity index (χ2v) is 9.01. The number of para-hydroxylation sites is 1. The summed E-state index contributed by atoms with van der Waals surface area (Å²) in [4.78, 5) is 22.4. The van der Waals surface area contributed by atoms with Crippen LogP contribution >= 0.6 is 35.3 Å². The first-order chi connectivity index (χ1) is 16.5. The molecule has 188 valence electrons. The van der Waals surface area contributed by atoms with Gasteiger partial charge < -0.3 is 18.8 Å². The Kier molecular flexibility index (Phi) is 9.24. The van der Waals surface area contributed by atoms with Crippen LogP contribution in [0.5, 0.6) is 11.5 Å². The zero-order chi connectivity index (χ0) is 24.2. The molecule has 4 aromatic rings. The van der Waals surface area contributed by atoms with E-state index >= 15 is 0 Å². The van der Waals surface area contributed by atoms with Crippen LogP contribution in [-0.4, -0.2) is 55.7 Å². The van der Waals surface area contributed by atoms with E-state index in [0.29, 0.717) is 52.4 Å². The van der Waals surface area contributed by atoms with Crippen LogP contribution in [0.4, 0.5) is 5.13 Å². The number of rotatable bonds is 10. The Morgan fingerprint density at radius 3 is 2.57 bits per heavy atom. The molecule has 0 spiro atoms. The number of nitrogens with zero attached hydrogens (tertiary/aromatic N) is 3. The van der Waals surface area contributed by atoms with Gasteiger partial charge in [-0.3, -0.25) is 9.69 Å². The summed E-state index contributed by atoms with van der Waals surface area (Å²) in [5, 5.41) is 1.93. The van der Waals surface area contributed by atoms with Crippen molar-refractivity contribution in [2.75, 3.05) is 44.8 Å². The van der Waals surface area contributed by atoms with E-state index in [9.17, 15) is 4.79 Å². The third-order valence-electron chi connectivity index (χ3n) is 5.70. The Bertz CT molecular complexity index is 1300. The predicted octanol–water partition coefficient (Wildman–Crippen LogP) is 6.51. The normalized spacial score (nSPS) is 11.1. The zero-order valence-corrected chi connectivity index (χ0v) is 22.6. The topological polar surface area (TPSA) is 68.0 Å². The summed E-state index contributed by atoms with van der Waals surface area (Å²) >= 11 is 7.81. The minimum absolute atomic E-state index is 0.